The zero-order valence-electron chi connectivity index (χ0n) is 13.3. The second-order valence-electron chi connectivity index (χ2n) is 6.63. The minimum atomic E-state index is -0.394. The van der Waals surface area contributed by atoms with Gasteiger partial charge >= 0.3 is 0 Å². The van der Waals surface area contributed by atoms with Gasteiger partial charge in [-0.05, 0) is 48.0 Å². The Morgan fingerprint density at radius 3 is 2.00 bits per heavy atom. The van der Waals surface area contributed by atoms with Gasteiger partial charge in [-0.1, -0.05) is 6.92 Å². The highest BCUT2D eigenvalue weighted by molar-refractivity contribution is 5.83. The lowest BCUT2D eigenvalue weighted by molar-refractivity contribution is -0.125. The SMILES string of the molecule is CCC(C)(C)NC(=O)CNC(C)C(=O)NC(C)(C)C. The highest BCUT2D eigenvalue weighted by atomic mass is 16.2. The molecule has 0 aromatic carbocycles. The van der Waals surface area contributed by atoms with E-state index >= 15 is 0 Å². The van der Waals surface area contributed by atoms with Crippen LogP contribution in [-0.2, 0) is 9.59 Å². The Kier molecular flexibility index (Phi) is 6.49. The molecular formula is C14H29N3O2. The molecule has 19 heavy (non-hydrogen) atoms. The van der Waals surface area contributed by atoms with E-state index in [4.69, 9.17) is 0 Å². The van der Waals surface area contributed by atoms with Gasteiger partial charge in [-0.25, -0.2) is 0 Å². The fraction of sp³-hybridized carbons (Fsp3) is 0.857. The van der Waals surface area contributed by atoms with E-state index < -0.39 is 6.04 Å². The average Bonchev–Trinajstić information content (AvgIpc) is 2.23. The number of nitrogens with one attached hydrogen (secondary N) is 3. The molecule has 0 aliphatic heterocycles. The summed E-state index contributed by atoms with van der Waals surface area (Å²) in [4.78, 5) is 23.5. The van der Waals surface area contributed by atoms with Gasteiger partial charge in [0.15, 0.2) is 0 Å². The van der Waals surface area contributed by atoms with Gasteiger partial charge in [-0.3, -0.25) is 14.9 Å². The third kappa shape index (κ3) is 8.59. The van der Waals surface area contributed by atoms with Crippen molar-refractivity contribution in [2.24, 2.45) is 0 Å². The Hall–Kier alpha value is -1.10. The van der Waals surface area contributed by atoms with Gasteiger partial charge < -0.3 is 10.6 Å². The lowest BCUT2D eigenvalue weighted by atomic mass is 10.0. The van der Waals surface area contributed by atoms with Gasteiger partial charge in [0, 0.05) is 11.1 Å². The van der Waals surface area contributed by atoms with Crippen LogP contribution in [0.4, 0.5) is 0 Å². The summed E-state index contributed by atoms with van der Waals surface area (Å²) in [7, 11) is 0. The second-order valence-corrected chi connectivity index (χ2v) is 6.63. The third-order valence-electron chi connectivity index (χ3n) is 2.82. The first kappa shape index (κ1) is 17.9. The van der Waals surface area contributed by atoms with Gasteiger partial charge in [0.05, 0.1) is 12.6 Å². The first-order chi connectivity index (χ1) is 8.47. The van der Waals surface area contributed by atoms with Crippen LogP contribution in [0.5, 0.6) is 0 Å². The smallest absolute Gasteiger partial charge is 0.237 e. The maximum absolute atomic E-state index is 11.8. The predicted octanol–water partition coefficient (Wildman–Crippen LogP) is 1.18. The molecule has 0 aliphatic rings. The summed E-state index contributed by atoms with van der Waals surface area (Å²) in [5, 5.41) is 8.71. The molecule has 0 saturated carbocycles. The molecule has 112 valence electrons. The van der Waals surface area contributed by atoms with Crippen LogP contribution in [0.2, 0.25) is 0 Å². The molecule has 5 heteroatoms. The average molecular weight is 271 g/mol. The van der Waals surface area contributed by atoms with Crippen LogP contribution in [0.1, 0.15) is 54.9 Å². The monoisotopic (exact) mass is 271 g/mol. The molecule has 0 fully saturated rings. The molecule has 0 spiro atoms. The fourth-order valence-corrected chi connectivity index (χ4v) is 1.33. The summed E-state index contributed by atoms with van der Waals surface area (Å²) in [6.07, 6.45) is 0.860. The number of hydrogen-bond acceptors (Lipinski definition) is 3. The second kappa shape index (κ2) is 6.89. The zero-order valence-corrected chi connectivity index (χ0v) is 13.3. The minimum Gasteiger partial charge on any atom is -0.350 e. The molecule has 0 radical (unpaired) electrons. The highest BCUT2D eigenvalue weighted by Crippen LogP contribution is 2.06. The highest BCUT2D eigenvalue weighted by Gasteiger charge is 2.21. The van der Waals surface area contributed by atoms with Crippen molar-refractivity contribution in [1.29, 1.82) is 0 Å². The number of rotatable bonds is 6. The predicted molar refractivity (Wildman–Crippen MR) is 77.9 cm³/mol. The maximum atomic E-state index is 11.8. The summed E-state index contributed by atoms with van der Waals surface area (Å²) in [6.45, 7) is 13.6. The quantitative estimate of drug-likeness (QED) is 0.679. The van der Waals surface area contributed by atoms with E-state index in [2.05, 4.69) is 16.0 Å². The molecule has 0 saturated heterocycles. The van der Waals surface area contributed by atoms with Crippen LogP contribution in [0, 0.1) is 0 Å². The fourth-order valence-electron chi connectivity index (χ4n) is 1.33. The lowest BCUT2D eigenvalue weighted by Gasteiger charge is -2.26. The minimum absolute atomic E-state index is 0.0951. The van der Waals surface area contributed by atoms with E-state index in [1.807, 2.05) is 41.5 Å². The first-order valence-corrected chi connectivity index (χ1v) is 6.83. The Morgan fingerprint density at radius 1 is 1.05 bits per heavy atom. The van der Waals surface area contributed by atoms with Crippen LogP contribution in [0.3, 0.4) is 0 Å². The third-order valence-corrected chi connectivity index (χ3v) is 2.82. The van der Waals surface area contributed by atoms with Crippen LogP contribution in [0.15, 0.2) is 0 Å². The summed E-state index contributed by atoms with van der Waals surface area (Å²) in [6, 6.07) is -0.394. The molecule has 2 amide bonds. The molecular weight excluding hydrogens is 242 g/mol. The van der Waals surface area contributed by atoms with Crippen molar-refractivity contribution >= 4 is 11.8 Å². The first-order valence-electron chi connectivity index (χ1n) is 6.83. The molecule has 1 atom stereocenters. The molecule has 0 aromatic heterocycles. The summed E-state index contributed by atoms with van der Waals surface area (Å²) < 4.78 is 0. The number of amides is 2. The largest absolute Gasteiger partial charge is 0.350 e. The topological polar surface area (TPSA) is 70.2 Å². The summed E-state index contributed by atoms with van der Waals surface area (Å²) in [5.41, 5.74) is -0.477. The van der Waals surface area contributed by atoms with Crippen molar-refractivity contribution in [1.82, 2.24) is 16.0 Å². The van der Waals surface area contributed by atoms with Crippen molar-refractivity contribution in [3.05, 3.63) is 0 Å². The number of carbonyl (C=O) groups excluding carboxylic acids is 2. The standard InChI is InChI=1S/C14H29N3O2/c1-8-14(6,7)16-11(18)9-15-10(2)12(19)17-13(3,4)5/h10,15H,8-9H2,1-7H3,(H,16,18)(H,17,19). The Balaban J connectivity index is 4.13. The Bertz CT molecular complexity index is 319. The lowest BCUT2D eigenvalue weighted by Crippen LogP contribution is -2.52. The summed E-state index contributed by atoms with van der Waals surface area (Å²) in [5.74, 6) is -0.197. The molecule has 0 heterocycles. The number of hydrogen-bond donors (Lipinski definition) is 3. The molecule has 0 rings (SSSR count). The van der Waals surface area contributed by atoms with Crippen molar-refractivity contribution in [2.45, 2.75) is 72.0 Å². The Labute approximate surface area is 116 Å². The van der Waals surface area contributed by atoms with Gasteiger partial charge in [-0.2, -0.15) is 0 Å². The molecule has 0 aromatic rings. The molecule has 0 aliphatic carbocycles. The van der Waals surface area contributed by atoms with Crippen molar-refractivity contribution in [3.63, 3.8) is 0 Å². The van der Waals surface area contributed by atoms with Gasteiger partial charge in [0.1, 0.15) is 0 Å². The van der Waals surface area contributed by atoms with E-state index in [0.717, 1.165) is 6.42 Å². The van der Waals surface area contributed by atoms with Gasteiger partial charge in [0.2, 0.25) is 11.8 Å². The van der Waals surface area contributed by atoms with E-state index in [-0.39, 0.29) is 29.4 Å². The van der Waals surface area contributed by atoms with Gasteiger partial charge in [-0.15, -0.1) is 0 Å². The van der Waals surface area contributed by atoms with Crippen LogP contribution < -0.4 is 16.0 Å². The number of carbonyl (C=O) groups is 2. The normalized spacial score (nSPS) is 13.8. The molecule has 1 unspecified atom stereocenters. The summed E-state index contributed by atoms with van der Waals surface area (Å²) >= 11 is 0. The molecule has 5 nitrogen and oxygen atoms in total. The van der Waals surface area contributed by atoms with Crippen molar-refractivity contribution < 1.29 is 9.59 Å². The van der Waals surface area contributed by atoms with Crippen molar-refractivity contribution in [2.75, 3.05) is 6.54 Å². The van der Waals surface area contributed by atoms with E-state index in [1.54, 1.807) is 6.92 Å². The van der Waals surface area contributed by atoms with E-state index in [9.17, 15) is 9.59 Å². The Morgan fingerprint density at radius 2 is 1.58 bits per heavy atom. The molecule has 3 N–H and O–H groups in total. The van der Waals surface area contributed by atoms with Crippen LogP contribution in [-0.4, -0.2) is 35.5 Å². The zero-order chi connectivity index (χ0) is 15.3. The van der Waals surface area contributed by atoms with Crippen molar-refractivity contribution in [3.8, 4) is 0 Å². The van der Waals surface area contributed by atoms with Crippen LogP contribution >= 0.6 is 0 Å². The van der Waals surface area contributed by atoms with Gasteiger partial charge in [0.25, 0.3) is 0 Å². The maximum Gasteiger partial charge on any atom is 0.237 e. The van der Waals surface area contributed by atoms with Crippen LogP contribution in [0.25, 0.3) is 0 Å². The van der Waals surface area contributed by atoms with E-state index in [0.29, 0.717) is 0 Å². The molecule has 0 bridgehead atoms. The van der Waals surface area contributed by atoms with E-state index in [1.165, 1.54) is 0 Å².